The van der Waals surface area contributed by atoms with E-state index in [1.807, 2.05) is 0 Å². The van der Waals surface area contributed by atoms with Gasteiger partial charge in [-0.2, -0.15) is 4.98 Å². The Labute approximate surface area is 124 Å². The molecule has 3 rings (SSSR count). The number of nitrogens with two attached hydrogens (primary N) is 1. The van der Waals surface area contributed by atoms with Crippen molar-refractivity contribution in [1.82, 2.24) is 19.5 Å². The van der Waals surface area contributed by atoms with E-state index in [1.54, 1.807) is 0 Å². The number of terminal acetylenes is 1. The zero-order valence-corrected chi connectivity index (χ0v) is 11.5. The molecule has 8 nitrogen and oxygen atoms in total. The summed E-state index contributed by atoms with van der Waals surface area (Å²) in [5.41, 5.74) is 6.42. The molecule has 0 spiro atoms. The van der Waals surface area contributed by atoms with Gasteiger partial charge in [-0.25, -0.2) is 9.97 Å². The maximum atomic E-state index is 10.2. The minimum absolute atomic E-state index is 0.0578. The lowest BCUT2D eigenvalue weighted by molar-refractivity contribution is -0.0436. The van der Waals surface area contributed by atoms with Crippen LogP contribution < -0.4 is 5.73 Å². The van der Waals surface area contributed by atoms with Gasteiger partial charge in [0.15, 0.2) is 16.7 Å². The Bertz CT molecular complexity index is 729. The first-order chi connectivity index (χ1) is 10.0. The van der Waals surface area contributed by atoms with E-state index in [4.69, 9.17) is 28.5 Å². The molecule has 1 unspecified atom stereocenters. The summed E-state index contributed by atoms with van der Waals surface area (Å²) in [6.45, 7) is -0.419. The van der Waals surface area contributed by atoms with Gasteiger partial charge in [0.1, 0.15) is 17.7 Å². The number of ether oxygens (including phenoxy) is 1. The molecule has 9 heteroatoms. The van der Waals surface area contributed by atoms with Crippen molar-refractivity contribution in [1.29, 1.82) is 0 Å². The van der Waals surface area contributed by atoms with E-state index in [9.17, 15) is 10.2 Å². The number of aliphatic hydroxyl groups is 2. The number of alkyl halides is 1. The quantitative estimate of drug-likeness (QED) is 0.494. The highest BCUT2D eigenvalue weighted by Gasteiger charge is 2.55. The Morgan fingerprint density at radius 3 is 3.00 bits per heavy atom. The third-order valence-electron chi connectivity index (χ3n) is 3.43. The summed E-state index contributed by atoms with van der Waals surface area (Å²) in [5, 5.41) is 19.4. The largest absolute Gasteiger partial charge is 0.394 e. The van der Waals surface area contributed by atoms with Crippen LogP contribution in [0.1, 0.15) is 6.23 Å². The van der Waals surface area contributed by atoms with Crippen LogP contribution in [0.3, 0.4) is 0 Å². The summed E-state index contributed by atoms with van der Waals surface area (Å²) in [7, 11) is 0. The number of rotatable bonds is 2. The fraction of sp³-hybridized carbons (Fsp3) is 0.417. The van der Waals surface area contributed by atoms with Crippen LogP contribution >= 0.6 is 11.6 Å². The van der Waals surface area contributed by atoms with Gasteiger partial charge < -0.3 is 20.7 Å². The Kier molecular flexibility index (Phi) is 3.22. The standard InChI is InChI=1S/C12H12ClN5O3/c1-2-12(13)8(20)7(4-19)21-10(12)18-5-16-6-3-15-11(14)17-9(6)18/h1,3,5,7-8,10,19-20H,4H2,(H2,14,15,17)/t7-,8?,10-,12-/m1/s1. The smallest absolute Gasteiger partial charge is 0.222 e. The lowest BCUT2D eigenvalue weighted by atomic mass is 9.99. The van der Waals surface area contributed by atoms with Gasteiger partial charge in [0.2, 0.25) is 5.95 Å². The second-order valence-corrected chi connectivity index (χ2v) is 5.28. The van der Waals surface area contributed by atoms with E-state index >= 15 is 0 Å². The van der Waals surface area contributed by atoms with Crippen LogP contribution in [0, 0.1) is 12.3 Å². The first-order valence-electron chi connectivity index (χ1n) is 6.07. The molecule has 0 aliphatic carbocycles. The molecule has 110 valence electrons. The van der Waals surface area contributed by atoms with Crippen molar-refractivity contribution in [3.05, 3.63) is 12.5 Å². The number of aromatic nitrogens is 4. The molecule has 0 aromatic carbocycles. The third-order valence-corrected chi connectivity index (χ3v) is 3.95. The van der Waals surface area contributed by atoms with Gasteiger partial charge in [-0.1, -0.05) is 17.5 Å². The monoisotopic (exact) mass is 309 g/mol. The van der Waals surface area contributed by atoms with Crippen molar-refractivity contribution in [2.24, 2.45) is 0 Å². The Balaban J connectivity index is 2.13. The molecule has 0 amide bonds. The average Bonchev–Trinajstić information content (AvgIpc) is 2.99. The normalized spacial score (nSPS) is 32.4. The van der Waals surface area contributed by atoms with Crippen LogP contribution in [0.4, 0.5) is 5.95 Å². The number of halogens is 1. The molecule has 4 atom stereocenters. The summed E-state index contributed by atoms with van der Waals surface area (Å²) >= 11 is 6.33. The van der Waals surface area contributed by atoms with Crippen molar-refractivity contribution in [3.63, 3.8) is 0 Å². The van der Waals surface area contributed by atoms with Crippen molar-refractivity contribution in [2.45, 2.75) is 23.3 Å². The van der Waals surface area contributed by atoms with E-state index in [2.05, 4.69) is 20.9 Å². The van der Waals surface area contributed by atoms with E-state index < -0.39 is 29.9 Å². The molecule has 1 saturated heterocycles. The van der Waals surface area contributed by atoms with Crippen LogP contribution in [0.25, 0.3) is 11.2 Å². The number of hydrogen-bond acceptors (Lipinski definition) is 7. The molecule has 2 aromatic rings. The molecule has 4 N–H and O–H groups in total. The van der Waals surface area contributed by atoms with Crippen LogP contribution in [0.15, 0.2) is 12.5 Å². The molecule has 1 aliphatic rings. The lowest BCUT2D eigenvalue weighted by Gasteiger charge is -2.25. The Hall–Kier alpha value is -1.92. The summed E-state index contributed by atoms with van der Waals surface area (Å²) in [4.78, 5) is 10.5. The number of nitrogen functional groups attached to an aromatic ring is 1. The number of anilines is 1. The summed E-state index contributed by atoms with van der Waals surface area (Å²) in [6, 6.07) is 0. The van der Waals surface area contributed by atoms with Gasteiger partial charge in [-0.05, 0) is 0 Å². The fourth-order valence-corrected chi connectivity index (χ4v) is 2.63. The maximum absolute atomic E-state index is 10.2. The van der Waals surface area contributed by atoms with Crippen LogP contribution in [0.5, 0.6) is 0 Å². The second kappa shape index (κ2) is 4.82. The number of hydrogen-bond donors (Lipinski definition) is 3. The predicted molar refractivity (Wildman–Crippen MR) is 74.2 cm³/mol. The van der Waals surface area contributed by atoms with E-state index in [0.29, 0.717) is 11.2 Å². The van der Waals surface area contributed by atoms with Gasteiger partial charge in [0, 0.05) is 0 Å². The molecule has 21 heavy (non-hydrogen) atoms. The summed E-state index contributed by atoms with van der Waals surface area (Å²) < 4.78 is 7.04. The van der Waals surface area contributed by atoms with E-state index in [1.165, 1.54) is 17.1 Å². The number of imidazole rings is 1. The molecular formula is C12H12ClN5O3. The minimum atomic E-state index is -1.55. The summed E-state index contributed by atoms with van der Waals surface area (Å²) in [5.74, 6) is 2.39. The van der Waals surface area contributed by atoms with Gasteiger partial charge in [0.25, 0.3) is 0 Å². The fourth-order valence-electron chi connectivity index (χ4n) is 2.33. The van der Waals surface area contributed by atoms with Gasteiger partial charge in [0.05, 0.1) is 19.1 Å². The SMILES string of the molecule is C#C[C@@]1(Cl)C(O)[C@@H](CO)O[C@H]1n1cnc2cnc(N)nc21. The van der Waals surface area contributed by atoms with Gasteiger partial charge in [-0.15, -0.1) is 6.42 Å². The second-order valence-electron chi connectivity index (χ2n) is 4.66. The topological polar surface area (TPSA) is 119 Å². The first-order valence-corrected chi connectivity index (χ1v) is 6.45. The average molecular weight is 310 g/mol. The van der Waals surface area contributed by atoms with Crippen LogP contribution in [-0.4, -0.2) is 53.4 Å². The van der Waals surface area contributed by atoms with E-state index in [-0.39, 0.29) is 5.95 Å². The molecular weight excluding hydrogens is 298 g/mol. The molecule has 1 fully saturated rings. The highest BCUT2D eigenvalue weighted by atomic mass is 35.5. The highest BCUT2D eigenvalue weighted by molar-refractivity contribution is 6.27. The van der Waals surface area contributed by atoms with Crippen molar-refractivity contribution < 1.29 is 14.9 Å². The highest BCUT2D eigenvalue weighted by Crippen LogP contribution is 2.43. The number of nitrogens with zero attached hydrogens (tertiary/aromatic N) is 4. The molecule has 3 heterocycles. The molecule has 0 radical (unpaired) electrons. The van der Waals surface area contributed by atoms with Gasteiger partial charge in [-0.3, -0.25) is 4.57 Å². The van der Waals surface area contributed by atoms with Gasteiger partial charge >= 0.3 is 0 Å². The zero-order chi connectivity index (χ0) is 15.2. The molecule has 1 aliphatic heterocycles. The minimum Gasteiger partial charge on any atom is -0.394 e. The first kappa shape index (κ1) is 14.0. The molecule has 0 saturated carbocycles. The van der Waals surface area contributed by atoms with E-state index in [0.717, 1.165) is 0 Å². The van der Waals surface area contributed by atoms with Crippen LogP contribution in [0.2, 0.25) is 0 Å². The predicted octanol–water partition coefficient (Wildman–Crippen LogP) is -0.730. The van der Waals surface area contributed by atoms with Crippen molar-refractivity contribution in [3.8, 4) is 12.3 Å². The number of fused-ring (bicyclic) bond motifs is 1. The zero-order valence-electron chi connectivity index (χ0n) is 10.7. The number of aliphatic hydroxyl groups excluding tert-OH is 2. The van der Waals surface area contributed by atoms with Crippen LogP contribution in [-0.2, 0) is 4.74 Å². The summed E-state index contributed by atoms with van der Waals surface area (Å²) in [6.07, 6.45) is 5.23. The van der Waals surface area contributed by atoms with Crippen molar-refractivity contribution >= 4 is 28.7 Å². The maximum Gasteiger partial charge on any atom is 0.222 e. The Morgan fingerprint density at radius 1 is 1.57 bits per heavy atom. The molecule has 0 bridgehead atoms. The molecule has 2 aromatic heterocycles. The third kappa shape index (κ3) is 1.94. The van der Waals surface area contributed by atoms with Crippen molar-refractivity contribution in [2.75, 3.05) is 12.3 Å². The lowest BCUT2D eigenvalue weighted by Crippen LogP contribution is -2.41. The Morgan fingerprint density at radius 2 is 2.33 bits per heavy atom.